The highest BCUT2D eigenvalue weighted by molar-refractivity contribution is 6.41. The molecule has 1 unspecified atom stereocenters. The smallest absolute Gasteiger partial charge is 0.315 e. The molecular weight excluding hydrogens is 301 g/mol. The van der Waals surface area contributed by atoms with Crippen LogP contribution in [-0.4, -0.2) is 27.9 Å². The monoisotopic (exact) mass is 321 g/mol. The number of aromatic nitrogens is 1. The zero-order valence-electron chi connectivity index (χ0n) is 12.0. The van der Waals surface area contributed by atoms with Crippen LogP contribution in [0.1, 0.15) is 32.4 Å². The number of amides is 2. The summed E-state index contributed by atoms with van der Waals surface area (Å²) in [6.45, 7) is 4.02. The predicted octanol–water partition coefficient (Wildman–Crippen LogP) is 2.68. The van der Waals surface area contributed by atoms with Crippen LogP contribution < -0.4 is 10.6 Å². The third-order valence-corrected chi connectivity index (χ3v) is 4.05. The molecule has 0 spiro atoms. The van der Waals surface area contributed by atoms with Crippen LogP contribution >= 0.6 is 23.2 Å². The third-order valence-electron chi connectivity index (χ3n) is 3.21. The van der Waals surface area contributed by atoms with Crippen molar-refractivity contribution in [1.29, 1.82) is 0 Å². The van der Waals surface area contributed by atoms with E-state index in [9.17, 15) is 9.90 Å². The van der Waals surface area contributed by atoms with Crippen molar-refractivity contribution in [2.45, 2.75) is 38.8 Å². The number of rotatable bonds is 6. The number of aliphatic hydroxyl groups excluding tert-OH is 1. The number of carbonyl (C=O) groups is 1. The van der Waals surface area contributed by atoms with Crippen LogP contribution in [-0.2, 0) is 13.6 Å². The quantitative estimate of drug-likeness (QED) is 0.754. The molecule has 1 heterocycles. The molecule has 0 aromatic carbocycles. The molecule has 1 aromatic rings. The molecule has 3 N–H and O–H groups in total. The topological polar surface area (TPSA) is 66.3 Å². The van der Waals surface area contributed by atoms with E-state index in [-0.39, 0.29) is 12.6 Å². The van der Waals surface area contributed by atoms with Crippen molar-refractivity contribution < 1.29 is 9.90 Å². The molecule has 5 nitrogen and oxygen atoms in total. The van der Waals surface area contributed by atoms with E-state index in [1.54, 1.807) is 17.7 Å². The van der Waals surface area contributed by atoms with Gasteiger partial charge in [0.05, 0.1) is 23.7 Å². The van der Waals surface area contributed by atoms with Crippen LogP contribution in [0.15, 0.2) is 6.07 Å². The zero-order chi connectivity index (χ0) is 15.3. The maximum absolute atomic E-state index is 11.9. The van der Waals surface area contributed by atoms with Gasteiger partial charge in [0, 0.05) is 12.7 Å². The van der Waals surface area contributed by atoms with Gasteiger partial charge in [-0.05, 0) is 19.4 Å². The standard InChI is InChI=1S/C13H21Cl2N3O2/c1-4-5-13(2,8-19)17-12(20)16-7-9-6-10(14)11(15)18(9)3/h6,19H,4-5,7-8H2,1-3H3,(H2,16,17,20). The highest BCUT2D eigenvalue weighted by Gasteiger charge is 2.24. The Balaban J connectivity index is 2.57. The third kappa shape index (κ3) is 4.30. The first kappa shape index (κ1) is 17.1. The molecule has 1 atom stereocenters. The van der Waals surface area contributed by atoms with E-state index in [0.717, 1.165) is 12.1 Å². The van der Waals surface area contributed by atoms with Crippen LogP contribution in [0.4, 0.5) is 4.79 Å². The van der Waals surface area contributed by atoms with E-state index >= 15 is 0 Å². The van der Waals surface area contributed by atoms with E-state index in [4.69, 9.17) is 23.2 Å². The van der Waals surface area contributed by atoms with Crippen molar-refractivity contribution >= 4 is 29.2 Å². The molecule has 0 saturated carbocycles. The largest absolute Gasteiger partial charge is 0.394 e. The summed E-state index contributed by atoms with van der Waals surface area (Å²) in [4.78, 5) is 11.9. The highest BCUT2D eigenvalue weighted by Crippen LogP contribution is 2.24. The lowest BCUT2D eigenvalue weighted by molar-refractivity contribution is 0.163. The Morgan fingerprint density at radius 1 is 1.50 bits per heavy atom. The summed E-state index contributed by atoms with van der Waals surface area (Å²) in [5.74, 6) is 0. The summed E-state index contributed by atoms with van der Waals surface area (Å²) in [6.07, 6.45) is 1.58. The molecule has 2 amide bonds. The van der Waals surface area contributed by atoms with Crippen LogP contribution in [0, 0.1) is 0 Å². The second-order valence-corrected chi connectivity index (χ2v) is 5.88. The minimum atomic E-state index is -0.609. The van der Waals surface area contributed by atoms with Gasteiger partial charge in [-0.25, -0.2) is 4.79 Å². The lowest BCUT2D eigenvalue weighted by atomic mass is 9.98. The molecule has 0 aliphatic rings. The average molecular weight is 322 g/mol. The molecule has 7 heteroatoms. The number of halogens is 2. The highest BCUT2D eigenvalue weighted by atomic mass is 35.5. The molecular formula is C13H21Cl2N3O2. The van der Waals surface area contributed by atoms with Crippen molar-refractivity contribution in [3.63, 3.8) is 0 Å². The predicted molar refractivity (Wildman–Crippen MR) is 81.2 cm³/mol. The van der Waals surface area contributed by atoms with Crippen molar-refractivity contribution in [2.75, 3.05) is 6.61 Å². The summed E-state index contributed by atoms with van der Waals surface area (Å²) in [7, 11) is 1.78. The number of nitrogens with zero attached hydrogens (tertiary/aromatic N) is 1. The van der Waals surface area contributed by atoms with Crippen molar-refractivity contribution in [2.24, 2.45) is 7.05 Å². The van der Waals surface area contributed by atoms with Gasteiger partial charge in [-0.15, -0.1) is 0 Å². The Morgan fingerprint density at radius 2 is 2.15 bits per heavy atom. The molecule has 0 fully saturated rings. The minimum Gasteiger partial charge on any atom is -0.394 e. The SMILES string of the molecule is CCCC(C)(CO)NC(=O)NCc1cc(Cl)c(Cl)n1C. The number of urea groups is 1. The molecule has 0 bridgehead atoms. The number of nitrogens with one attached hydrogen (secondary N) is 2. The lowest BCUT2D eigenvalue weighted by Gasteiger charge is -2.28. The zero-order valence-corrected chi connectivity index (χ0v) is 13.5. The Kier molecular flexibility index (Phi) is 6.17. The molecule has 1 rings (SSSR count). The average Bonchev–Trinajstić information content (AvgIpc) is 2.64. The first-order valence-corrected chi connectivity index (χ1v) is 7.25. The maximum Gasteiger partial charge on any atom is 0.315 e. The number of aliphatic hydroxyl groups is 1. The summed E-state index contributed by atoms with van der Waals surface area (Å²) >= 11 is 11.9. The number of hydrogen-bond donors (Lipinski definition) is 3. The Hall–Kier alpha value is -0.910. The second-order valence-electron chi connectivity index (χ2n) is 5.11. The van der Waals surface area contributed by atoms with E-state index in [1.165, 1.54) is 0 Å². The Bertz CT molecular complexity index is 476. The minimum absolute atomic E-state index is 0.101. The first-order valence-electron chi connectivity index (χ1n) is 6.49. The normalized spacial score (nSPS) is 13.9. The molecule has 114 valence electrons. The van der Waals surface area contributed by atoms with Gasteiger partial charge >= 0.3 is 6.03 Å². The van der Waals surface area contributed by atoms with Gasteiger partial charge in [0.2, 0.25) is 0 Å². The summed E-state index contributed by atoms with van der Waals surface area (Å²) in [5, 5.41) is 15.8. The van der Waals surface area contributed by atoms with Gasteiger partial charge in [0.25, 0.3) is 0 Å². The molecule has 0 aliphatic heterocycles. The van der Waals surface area contributed by atoms with Crippen LogP contribution in [0.25, 0.3) is 0 Å². The number of carbonyl (C=O) groups excluding carboxylic acids is 1. The molecule has 0 saturated heterocycles. The summed E-state index contributed by atoms with van der Waals surface area (Å²) in [5.41, 5.74) is 0.193. The maximum atomic E-state index is 11.9. The van der Waals surface area contributed by atoms with Crippen LogP contribution in [0.2, 0.25) is 10.2 Å². The summed E-state index contributed by atoms with van der Waals surface area (Å²) < 4.78 is 1.71. The van der Waals surface area contributed by atoms with Gasteiger partial charge in [0.1, 0.15) is 5.15 Å². The van der Waals surface area contributed by atoms with Gasteiger partial charge in [-0.1, -0.05) is 36.5 Å². The van der Waals surface area contributed by atoms with Crippen LogP contribution in [0.3, 0.4) is 0 Å². The van der Waals surface area contributed by atoms with E-state index in [0.29, 0.717) is 23.1 Å². The van der Waals surface area contributed by atoms with E-state index in [2.05, 4.69) is 10.6 Å². The van der Waals surface area contributed by atoms with Gasteiger partial charge < -0.3 is 20.3 Å². The molecule has 0 aliphatic carbocycles. The fourth-order valence-electron chi connectivity index (χ4n) is 1.98. The van der Waals surface area contributed by atoms with Crippen molar-refractivity contribution in [1.82, 2.24) is 15.2 Å². The lowest BCUT2D eigenvalue weighted by Crippen LogP contribution is -2.52. The van der Waals surface area contributed by atoms with Crippen LogP contribution in [0.5, 0.6) is 0 Å². The van der Waals surface area contributed by atoms with Gasteiger partial charge in [0.15, 0.2) is 0 Å². The number of hydrogen-bond acceptors (Lipinski definition) is 2. The molecule has 20 heavy (non-hydrogen) atoms. The van der Waals surface area contributed by atoms with Gasteiger partial charge in [-0.2, -0.15) is 0 Å². The summed E-state index contributed by atoms with van der Waals surface area (Å²) in [6, 6.07) is 1.38. The molecule has 0 radical (unpaired) electrons. The van der Waals surface area contributed by atoms with E-state index in [1.807, 2.05) is 13.8 Å². The first-order chi connectivity index (χ1) is 9.33. The molecule has 1 aromatic heterocycles. The van der Waals surface area contributed by atoms with E-state index < -0.39 is 5.54 Å². The Labute approximate surface area is 129 Å². The second kappa shape index (κ2) is 7.20. The fraction of sp³-hybridized carbons (Fsp3) is 0.615. The Morgan fingerprint density at radius 3 is 2.60 bits per heavy atom. The van der Waals surface area contributed by atoms with Crippen molar-refractivity contribution in [3.05, 3.63) is 21.9 Å². The fourth-order valence-corrected chi connectivity index (χ4v) is 2.40. The van der Waals surface area contributed by atoms with Gasteiger partial charge in [-0.3, -0.25) is 0 Å². The van der Waals surface area contributed by atoms with Crippen molar-refractivity contribution in [3.8, 4) is 0 Å².